The Morgan fingerprint density at radius 2 is 1.74 bits per heavy atom. The van der Waals surface area contributed by atoms with Gasteiger partial charge in [0.05, 0.1) is 6.04 Å². The van der Waals surface area contributed by atoms with Gasteiger partial charge in [0, 0.05) is 19.1 Å². The number of nitrogens with one attached hydrogen (secondary N) is 1. The normalized spacial score (nSPS) is 25.8. The van der Waals surface area contributed by atoms with Gasteiger partial charge in [-0.2, -0.15) is 0 Å². The number of hydrogen-bond donors (Lipinski definition) is 1. The van der Waals surface area contributed by atoms with Crippen LogP contribution in [0.5, 0.6) is 0 Å². The zero-order valence-corrected chi connectivity index (χ0v) is 16.0. The maximum absolute atomic E-state index is 12.7. The third-order valence-electron chi connectivity index (χ3n) is 5.36. The summed E-state index contributed by atoms with van der Waals surface area (Å²) in [6.07, 6.45) is 8.52. The van der Waals surface area contributed by atoms with Crippen LogP contribution in [0, 0.1) is 5.92 Å². The minimum atomic E-state index is 0. The first-order valence-electron chi connectivity index (χ1n) is 9.04. The summed E-state index contributed by atoms with van der Waals surface area (Å²) in [6.45, 7) is 7.51. The van der Waals surface area contributed by atoms with Gasteiger partial charge in [-0.15, -0.1) is 24.8 Å². The SMILES string of the molecule is CCCN1CCCC1C(=O)N1CCC(NCC2CC2)CC1.Cl.Cl. The first-order chi connectivity index (χ1) is 10.3. The lowest BCUT2D eigenvalue weighted by Crippen LogP contribution is -2.51. The van der Waals surface area contributed by atoms with Gasteiger partial charge in [0.2, 0.25) is 5.91 Å². The van der Waals surface area contributed by atoms with E-state index in [0.717, 1.165) is 57.8 Å². The minimum absolute atomic E-state index is 0. The number of piperidine rings is 1. The van der Waals surface area contributed by atoms with Gasteiger partial charge in [-0.25, -0.2) is 0 Å². The molecule has 6 heteroatoms. The van der Waals surface area contributed by atoms with Crippen molar-refractivity contribution in [3.63, 3.8) is 0 Å². The molecule has 2 heterocycles. The summed E-state index contributed by atoms with van der Waals surface area (Å²) in [5, 5.41) is 3.69. The second-order valence-corrected chi connectivity index (χ2v) is 7.15. The van der Waals surface area contributed by atoms with E-state index in [1.54, 1.807) is 0 Å². The van der Waals surface area contributed by atoms with E-state index in [4.69, 9.17) is 0 Å². The molecule has 136 valence electrons. The van der Waals surface area contributed by atoms with Gasteiger partial charge in [-0.3, -0.25) is 9.69 Å². The molecule has 1 N–H and O–H groups in total. The Morgan fingerprint density at radius 1 is 1.04 bits per heavy atom. The van der Waals surface area contributed by atoms with E-state index in [2.05, 4.69) is 22.0 Å². The molecule has 0 aromatic carbocycles. The van der Waals surface area contributed by atoms with Gasteiger partial charge in [-0.05, 0) is 70.5 Å². The van der Waals surface area contributed by atoms with E-state index >= 15 is 0 Å². The highest BCUT2D eigenvalue weighted by Crippen LogP contribution is 2.28. The predicted octanol–water partition coefficient (Wildman–Crippen LogP) is 2.70. The van der Waals surface area contributed by atoms with Crippen molar-refractivity contribution in [2.24, 2.45) is 5.92 Å². The molecule has 3 rings (SSSR count). The third-order valence-corrected chi connectivity index (χ3v) is 5.36. The first kappa shape index (κ1) is 21.0. The highest BCUT2D eigenvalue weighted by Gasteiger charge is 2.34. The summed E-state index contributed by atoms with van der Waals surface area (Å²) in [7, 11) is 0. The molecule has 0 radical (unpaired) electrons. The number of likely N-dealkylation sites (tertiary alicyclic amines) is 2. The molecule has 23 heavy (non-hydrogen) atoms. The van der Waals surface area contributed by atoms with Crippen molar-refractivity contribution < 1.29 is 4.79 Å². The quantitative estimate of drug-likeness (QED) is 0.785. The molecule has 3 fully saturated rings. The van der Waals surface area contributed by atoms with Gasteiger partial charge < -0.3 is 10.2 Å². The third kappa shape index (κ3) is 5.77. The Bertz CT molecular complexity index is 358. The number of amides is 1. The number of carbonyl (C=O) groups is 1. The molecule has 1 atom stereocenters. The van der Waals surface area contributed by atoms with Crippen LogP contribution in [0.2, 0.25) is 0 Å². The molecule has 0 spiro atoms. The van der Waals surface area contributed by atoms with E-state index in [9.17, 15) is 4.79 Å². The molecule has 2 saturated heterocycles. The van der Waals surface area contributed by atoms with Gasteiger partial charge in [0.1, 0.15) is 0 Å². The minimum Gasteiger partial charge on any atom is -0.341 e. The standard InChI is InChI=1S/C17H31N3O.2ClH/c1-2-9-19-10-3-4-16(19)17(21)20-11-7-15(8-12-20)18-13-14-5-6-14;;/h14-16,18H,2-13H2,1H3;2*1H. The molecular weight excluding hydrogens is 333 g/mol. The maximum Gasteiger partial charge on any atom is 0.239 e. The van der Waals surface area contributed by atoms with Crippen molar-refractivity contribution in [2.75, 3.05) is 32.7 Å². The molecule has 0 aromatic heterocycles. The number of carbonyl (C=O) groups excluding carboxylic acids is 1. The average Bonchev–Trinajstić information content (AvgIpc) is 3.23. The topological polar surface area (TPSA) is 35.6 Å². The summed E-state index contributed by atoms with van der Waals surface area (Å²) >= 11 is 0. The molecule has 0 aromatic rings. The van der Waals surface area contributed by atoms with E-state index in [0.29, 0.717) is 11.9 Å². The summed E-state index contributed by atoms with van der Waals surface area (Å²) in [5.41, 5.74) is 0. The van der Waals surface area contributed by atoms with Crippen LogP contribution >= 0.6 is 24.8 Å². The lowest BCUT2D eigenvalue weighted by molar-refractivity contribution is -0.137. The lowest BCUT2D eigenvalue weighted by Gasteiger charge is -2.36. The monoisotopic (exact) mass is 365 g/mol. The van der Waals surface area contributed by atoms with Gasteiger partial charge in [-0.1, -0.05) is 6.92 Å². The Morgan fingerprint density at radius 3 is 2.35 bits per heavy atom. The number of halogens is 2. The van der Waals surface area contributed by atoms with Crippen LogP contribution in [-0.2, 0) is 4.79 Å². The van der Waals surface area contributed by atoms with Crippen molar-refractivity contribution in [3.05, 3.63) is 0 Å². The fraction of sp³-hybridized carbons (Fsp3) is 0.941. The average molecular weight is 366 g/mol. The van der Waals surface area contributed by atoms with Crippen LogP contribution in [0.15, 0.2) is 0 Å². The Balaban J connectivity index is 0.00000132. The van der Waals surface area contributed by atoms with Crippen molar-refractivity contribution in [3.8, 4) is 0 Å². The largest absolute Gasteiger partial charge is 0.341 e. The summed E-state index contributed by atoms with van der Waals surface area (Å²) in [6, 6.07) is 0.825. The highest BCUT2D eigenvalue weighted by atomic mass is 35.5. The van der Waals surface area contributed by atoms with E-state index in [1.807, 2.05) is 0 Å². The molecule has 1 unspecified atom stereocenters. The molecule has 3 aliphatic rings. The van der Waals surface area contributed by atoms with Gasteiger partial charge in [0.15, 0.2) is 0 Å². The predicted molar refractivity (Wildman–Crippen MR) is 99.7 cm³/mol. The zero-order chi connectivity index (χ0) is 14.7. The summed E-state index contributed by atoms with van der Waals surface area (Å²) < 4.78 is 0. The Hall–Kier alpha value is -0.0300. The summed E-state index contributed by atoms with van der Waals surface area (Å²) in [4.78, 5) is 17.3. The smallest absolute Gasteiger partial charge is 0.239 e. The van der Waals surface area contributed by atoms with Crippen LogP contribution < -0.4 is 5.32 Å². The number of rotatable bonds is 6. The van der Waals surface area contributed by atoms with Crippen molar-refractivity contribution in [1.82, 2.24) is 15.1 Å². The van der Waals surface area contributed by atoms with Gasteiger partial charge >= 0.3 is 0 Å². The summed E-state index contributed by atoms with van der Waals surface area (Å²) in [5.74, 6) is 1.35. The van der Waals surface area contributed by atoms with E-state index in [1.165, 1.54) is 25.8 Å². The molecule has 0 bridgehead atoms. The van der Waals surface area contributed by atoms with Crippen LogP contribution in [0.25, 0.3) is 0 Å². The van der Waals surface area contributed by atoms with Crippen LogP contribution in [0.3, 0.4) is 0 Å². The molecule has 1 aliphatic carbocycles. The Labute approximate surface area is 153 Å². The second kappa shape index (κ2) is 10.1. The van der Waals surface area contributed by atoms with Crippen molar-refractivity contribution in [1.29, 1.82) is 0 Å². The molecule has 1 amide bonds. The van der Waals surface area contributed by atoms with Crippen LogP contribution in [-0.4, -0.2) is 60.5 Å². The first-order valence-corrected chi connectivity index (χ1v) is 9.04. The van der Waals surface area contributed by atoms with Crippen molar-refractivity contribution in [2.45, 2.75) is 64.0 Å². The van der Waals surface area contributed by atoms with E-state index < -0.39 is 0 Å². The van der Waals surface area contributed by atoms with E-state index in [-0.39, 0.29) is 30.9 Å². The second-order valence-electron chi connectivity index (χ2n) is 7.15. The number of hydrogen-bond acceptors (Lipinski definition) is 3. The molecular formula is C17H33Cl2N3O. The van der Waals surface area contributed by atoms with Crippen molar-refractivity contribution >= 4 is 30.7 Å². The molecule has 4 nitrogen and oxygen atoms in total. The fourth-order valence-corrected chi connectivity index (χ4v) is 3.83. The van der Waals surface area contributed by atoms with Crippen LogP contribution in [0.1, 0.15) is 51.9 Å². The molecule has 1 saturated carbocycles. The van der Waals surface area contributed by atoms with Crippen LogP contribution in [0.4, 0.5) is 0 Å². The molecule has 2 aliphatic heterocycles. The lowest BCUT2D eigenvalue weighted by atomic mass is 10.0. The maximum atomic E-state index is 12.7. The zero-order valence-electron chi connectivity index (χ0n) is 14.3. The fourth-order valence-electron chi connectivity index (χ4n) is 3.83. The number of nitrogens with zero attached hydrogens (tertiary/aromatic N) is 2. The Kier molecular flexibility index (Phi) is 9.20. The highest BCUT2D eigenvalue weighted by molar-refractivity contribution is 5.85. The van der Waals surface area contributed by atoms with Gasteiger partial charge in [0.25, 0.3) is 0 Å².